The number of allylic oxidation sites excluding steroid dienone is 2. The third kappa shape index (κ3) is 3.43. The first-order valence-corrected chi connectivity index (χ1v) is 3.84. The van der Waals surface area contributed by atoms with Gasteiger partial charge in [0.1, 0.15) is 0 Å². The molecule has 0 aliphatic rings. The summed E-state index contributed by atoms with van der Waals surface area (Å²) in [7, 11) is 0. The van der Waals surface area contributed by atoms with Crippen molar-refractivity contribution in [2.75, 3.05) is 0 Å². The summed E-state index contributed by atoms with van der Waals surface area (Å²) in [5.41, 5.74) is 0.244. The van der Waals surface area contributed by atoms with E-state index in [4.69, 9.17) is 0 Å². The molecule has 0 saturated heterocycles. The molecule has 0 fully saturated rings. The molecule has 0 aliphatic carbocycles. The number of carbonyl (C=O) groups excluding carboxylic acids is 1. The van der Waals surface area contributed by atoms with E-state index in [9.17, 15) is 18.0 Å². The molecule has 74 valence electrons. The number of halogens is 3. The molecule has 1 rings (SSSR count). The molecule has 0 amide bonds. The molecule has 0 heterocycles. The zero-order valence-electron chi connectivity index (χ0n) is 7.08. The summed E-state index contributed by atoms with van der Waals surface area (Å²) in [5, 5.41) is 0. The lowest BCUT2D eigenvalue weighted by atomic mass is 10.1. The second kappa shape index (κ2) is 4.09. The van der Waals surface area contributed by atoms with Crippen LogP contribution in [0, 0.1) is 0 Å². The predicted octanol–water partition coefficient (Wildman–Crippen LogP) is 2.99. The van der Waals surface area contributed by atoms with Crippen molar-refractivity contribution in [3.8, 4) is 0 Å². The molecule has 4 heteroatoms. The summed E-state index contributed by atoms with van der Waals surface area (Å²) in [6.45, 7) is 0. The van der Waals surface area contributed by atoms with Crippen LogP contribution in [0.1, 0.15) is 10.4 Å². The van der Waals surface area contributed by atoms with Crippen LogP contribution in [0.5, 0.6) is 0 Å². The molecule has 0 saturated carbocycles. The van der Waals surface area contributed by atoms with Gasteiger partial charge in [-0.1, -0.05) is 30.3 Å². The van der Waals surface area contributed by atoms with E-state index in [0.29, 0.717) is 6.08 Å². The molecule has 1 aromatic carbocycles. The number of alkyl halides is 3. The van der Waals surface area contributed by atoms with Crippen LogP contribution in [-0.2, 0) is 0 Å². The van der Waals surface area contributed by atoms with Gasteiger partial charge < -0.3 is 0 Å². The molecule has 0 aromatic heterocycles. The van der Waals surface area contributed by atoms with Gasteiger partial charge in [0.25, 0.3) is 0 Å². The van der Waals surface area contributed by atoms with E-state index >= 15 is 0 Å². The van der Waals surface area contributed by atoms with Gasteiger partial charge in [0.15, 0.2) is 5.78 Å². The van der Waals surface area contributed by atoms with Crippen LogP contribution in [-0.4, -0.2) is 12.0 Å². The highest BCUT2D eigenvalue weighted by Crippen LogP contribution is 2.16. The minimum Gasteiger partial charge on any atom is -0.289 e. The van der Waals surface area contributed by atoms with Gasteiger partial charge in [-0.3, -0.25) is 4.79 Å². The number of benzene rings is 1. The van der Waals surface area contributed by atoms with Crippen LogP contribution < -0.4 is 0 Å². The molecule has 0 atom stereocenters. The first-order valence-electron chi connectivity index (χ1n) is 3.84. The summed E-state index contributed by atoms with van der Waals surface area (Å²) >= 11 is 0. The van der Waals surface area contributed by atoms with E-state index in [-0.39, 0.29) is 11.6 Å². The molecular weight excluding hydrogens is 193 g/mol. The molecule has 0 N–H and O–H groups in total. The zero-order chi connectivity index (χ0) is 10.6. The number of ketones is 1. The number of hydrogen-bond acceptors (Lipinski definition) is 1. The van der Waals surface area contributed by atoms with Gasteiger partial charge >= 0.3 is 6.18 Å². The molecular formula is C10H7F3O. The molecule has 0 aliphatic heterocycles. The first-order chi connectivity index (χ1) is 6.49. The summed E-state index contributed by atoms with van der Waals surface area (Å²) in [5.74, 6) is -0.650. The van der Waals surface area contributed by atoms with Gasteiger partial charge in [-0.25, -0.2) is 0 Å². The van der Waals surface area contributed by atoms with E-state index in [1.807, 2.05) is 0 Å². The zero-order valence-corrected chi connectivity index (χ0v) is 7.08. The van der Waals surface area contributed by atoms with Crippen molar-refractivity contribution in [3.05, 3.63) is 48.0 Å². The highest BCUT2D eigenvalue weighted by molar-refractivity contribution is 6.04. The van der Waals surface area contributed by atoms with Crippen LogP contribution in [0.15, 0.2) is 42.5 Å². The van der Waals surface area contributed by atoms with Crippen LogP contribution >= 0.6 is 0 Å². The molecule has 1 aromatic rings. The lowest BCUT2D eigenvalue weighted by Crippen LogP contribution is -2.03. The van der Waals surface area contributed by atoms with Gasteiger partial charge in [0.2, 0.25) is 0 Å². The number of carbonyl (C=O) groups is 1. The van der Waals surface area contributed by atoms with E-state index in [0.717, 1.165) is 0 Å². The second-order valence-corrected chi connectivity index (χ2v) is 2.61. The van der Waals surface area contributed by atoms with Crippen molar-refractivity contribution >= 4 is 5.78 Å². The van der Waals surface area contributed by atoms with E-state index in [1.165, 1.54) is 12.1 Å². The van der Waals surface area contributed by atoms with Crippen molar-refractivity contribution in [2.24, 2.45) is 0 Å². The Morgan fingerprint density at radius 3 is 2.21 bits per heavy atom. The molecule has 0 radical (unpaired) electrons. The third-order valence-corrected chi connectivity index (χ3v) is 1.48. The lowest BCUT2D eigenvalue weighted by Gasteiger charge is -1.97. The Bertz CT molecular complexity index is 338. The van der Waals surface area contributed by atoms with Gasteiger partial charge in [-0.2, -0.15) is 13.2 Å². The third-order valence-electron chi connectivity index (χ3n) is 1.48. The lowest BCUT2D eigenvalue weighted by molar-refractivity contribution is -0.0799. The first kappa shape index (κ1) is 10.5. The average molecular weight is 200 g/mol. The molecule has 0 bridgehead atoms. The maximum Gasteiger partial charge on any atom is 0.409 e. The standard InChI is InChI=1S/C10H7F3O/c11-10(12,13)7-6-9(14)8-4-2-1-3-5-8/h1-7H/b7-6-. The minimum atomic E-state index is -4.44. The SMILES string of the molecule is O=C(/C=C\C(F)(F)F)c1ccccc1. The van der Waals surface area contributed by atoms with Gasteiger partial charge in [-0.05, 0) is 6.08 Å². The predicted molar refractivity (Wildman–Crippen MR) is 46.0 cm³/mol. The van der Waals surface area contributed by atoms with Gasteiger partial charge in [0, 0.05) is 11.6 Å². The Morgan fingerprint density at radius 1 is 1.14 bits per heavy atom. The Morgan fingerprint density at radius 2 is 1.71 bits per heavy atom. The summed E-state index contributed by atoms with van der Waals surface area (Å²) in [4.78, 5) is 11.1. The molecule has 0 spiro atoms. The summed E-state index contributed by atoms with van der Waals surface area (Å²) in [6.07, 6.45) is -3.98. The quantitative estimate of drug-likeness (QED) is 0.529. The van der Waals surface area contributed by atoms with Gasteiger partial charge in [-0.15, -0.1) is 0 Å². The molecule has 0 unspecified atom stereocenters. The average Bonchev–Trinajstić information content (AvgIpc) is 2.14. The topological polar surface area (TPSA) is 17.1 Å². The molecule has 14 heavy (non-hydrogen) atoms. The fourth-order valence-corrected chi connectivity index (χ4v) is 0.869. The van der Waals surface area contributed by atoms with Crippen molar-refractivity contribution in [3.63, 3.8) is 0 Å². The van der Waals surface area contributed by atoms with Crippen molar-refractivity contribution in [1.29, 1.82) is 0 Å². The number of hydrogen-bond donors (Lipinski definition) is 0. The largest absolute Gasteiger partial charge is 0.409 e. The Balaban J connectivity index is 2.74. The van der Waals surface area contributed by atoms with Gasteiger partial charge in [0.05, 0.1) is 0 Å². The highest BCUT2D eigenvalue weighted by Gasteiger charge is 2.22. The van der Waals surface area contributed by atoms with Crippen LogP contribution in [0.2, 0.25) is 0 Å². The minimum absolute atomic E-state index is 0.0671. The Hall–Kier alpha value is -1.58. The Labute approximate surface area is 78.9 Å². The smallest absolute Gasteiger partial charge is 0.289 e. The fraction of sp³-hybridized carbons (Fsp3) is 0.100. The molecule has 1 nitrogen and oxygen atoms in total. The fourth-order valence-electron chi connectivity index (χ4n) is 0.869. The van der Waals surface area contributed by atoms with Crippen molar-refractivity contribution < 1.29 is 18.0 Å². The summed E-state index contributed by atoms with van der Waals surface area (Å²) in [6, 6.07) is 7.79. The maximum atomic E-state index is 11.7. The Kier molecular flexibility index (Phi) is 3.06. The normalized spacial score (nSPS) is 11.9. The van der Waals surface area contributed by atoms with E-state index in [2.05, 4.69) is 0 Å². The van der Waals surface area contributed by atoms with E-state index < -0.39 is 12.0 Å². The van der Waals surface area contributed by atoms with Crippen LogP contribution in [0.3, 0.4) is 0 Å². The highest BCUT2D eigenvalue weighted by atomic mass is 19.4. The van der Waals surface area contributed by atoms with Crippen molar-refractivity contribution in [1.82, 2.24) is 0 Å². The monoisotopic (exact) mass is 200 g/mol. The van der Waals surface area contributed by atoms with Crippen molar-refractivity contribution in [2.45, 2.75) is 6.18 Å². The van der Waals surface area contributed by atoms with Crippen LogP contribution in [0.4, 0.5) is 13.2 Å². The summed E-state index contributed by atoms with van der Waals surface area (Å²) < 4.78 is 35.1. The maximum absolute atomic E-state index is 11.7. The second-order valence-electron chi connectivity index (χ2n) is 2.61. The van der Waals surface area contributed by atoms with Crippen LogP contribution in [0.25, 0.3) is 0 Å². The number of rotatable bonds is 2. The van der Waals surface area contributed by atoms with E-state index in [1.54, 1.807) is 18.2 Å².